The second-order valence-corrected chi connectivity index (χ2v) is 3.13. The van der Waals surface area contributed by atoms with E-state index in [0.29, 0.717) is 5.89 Å². The van der Waals surface area contributed by atoms with Crippen LogP contribution in [-0.4, -0.2) is 22.4 Å². The molecule has 0 aliphatic heterocycles. The molecule has 1 aromatic heterocycles. The quantitative estimate of drug-likeness (QED) is 0.662. The highest BCUT2D eigenvalue weighted by molar-refractivity contribution is 7.98. The zero-order chi connectivity index (χ0) is 7.94. The first kappa shape index (κ1) is 8.55. The fourth-order valence-corrected chi connectivity index (χ4v) is 1.42. The minimum atomic E-state index is 0.687. The molecule has 1 rings (SSSR count). The van der Waals surface area contributed by atoms with Crippen LogP contribution in [0.15, 0.2) is 10.9 Å². The predicted octanol–water partition coefficient (Wildman–Crippen LogP) is 0.652. The Bertz CT molecular complexity index is 178. The summed E-state index contributed by atoms with van der Waals surface area (Å²) >= 11 is 1.76. The Morgan fingerprint density at radius 3 is 3.18 bits per heavy atom. The van der Waals surface area contributed by atoms with Crippen LogP contribution in [-0.2, 0) is 5.75 Å². The molecule has 0 atom stereocenters. The molecule has 0 saturated heterocycles. The first-order chi connectivity index (χ1) is 5.43. The average Bonchev–Trinajstić information content (AvgIpc) is 2.50. The molecule has 0 fully saturated rings. The Balaban J connectivity index is 2.04. The molecule has 0 spiro atoms. The smallest absolute Gasteiger partial charge is 0.236 e. The Labute approximate surface area is 69.5 Å². The predicted molar refractivity (Wildman–Crippen MR) is 44.1 cm³/mol. The largest absolute Gasteiger partial charge is 0.339 e. The lowest BCUT2D eigenvalue weighted by molar-refractivity contribution is 0.390. The molecule has 0 unspecified atom stereocenters. The van der Waals surface area contributed by atoms with Crippen LogP contribution in [0.5, 0.6) is 0 Å². The summed E-state index contributed by atoms with van der Waals surface area (Å²) in [5.41, 5.74) is 5.32. The van der Waals surface area contributed by atoms with Crippen molar-refractivity contribution in [2.45, 2.75) is 12.2 Å². The minimum Gasteiger partial charge on any atom is -0.339 e. The number of rotatable bonds is 5. The zero-order valence-electron chi connectivity index (χ0n) is 6.19. The van der Waals surface area contributed by atoms with E-state index in [9.17, 15) is 0 Å². The normalized spacial score (nSPS) is 10.3. The molecule has 2 N–H and O–H groups in total. The van der Waals surface area contributed by atoms with Crippen molar-refractivity contribution in [3.63, 3.8) is 0 Å². The summed E-state index contributed by atoms with van der Waals surface area (Å²) in [6.45, 7) is 0.747. The molecule has 62 valence electrons. The molecule has 0 saturated carbocycles. The zero-order valence-corrected chi connectivity index (χ0v) is 7.01. The number of aromatic nitrogens is 2. The van der Waals surface area contributed by atoms with Gasteiger partial charge in [-0.25, -0.2) is 0 Å². The van der Waals surface area contributed by atoms with E-state index in [0.717, 1.165) is 24.5 Å². The molecular formula is C6H11N3OS. The molecule has 0 aromatic carbocycles. The van der Waals surface area contributed by atoms with Gasteiger partial charge < -0.3 is 10.3 Å². The van der Waals surface area contributed by atoms with Crippen molar-refractivity contribution >= 4 is 11.8 Å². The fourth-order valence-electron chi connectivity index (χ4n) is 0.604. The van der Waals surface area contributed by atoms with Crippen molar-refractivity contribution in [2.75, 3.05) is 12.3 Å². The Hall–Kier alpha value is -0.550. The van der Waals surface area contributed by atoms with E-state index in [1.54, 1.807) is 11.8 Å². The van der Waals surface area contributed by atoms with Crippen LogP contribution in [0.4, 0.5) is 0 Å². The molecular weight excluding hydrogens is 162 g/mol. The Morgan fingerprint density at radius 1 is 1.64 bits per heavy atom. The molecule has 4 nitrogen and oxygen atoms in total. The van der Waals surface area contributed by atoms with Crippen LogP contribution in [0, 0.1) is 0 Å². The maximum absolute atomic E-state index is 5.32. The fraction of sp³-hybridized carbons (Fsp3) is 0.667. The third kappa shape index (κ3) is 3.38. The van der Waals surface area contributed by atoms with Gasteiger partial charge in [0.25, 0.3) is 0 Å². The molecule has 0 amide bonds. The van der Waals surface area contributed by atoms with Crippen molar-refractivity contribution < 1.29 is 4.52 Å². The van der Waals surface area contributed by atoms with E-state index < -0.39 is 0 Å². The summed E-state index contributed by atoms with van der Waals surface area (Å²) in [5.74, 6) is 2.53. The molecule has 5 heteroatoms. The lowest BCUT2D eigenvalue weighted by Gasteiger charge is -1.94. The van der Waals surface area contributed by atoms with Crippen molar-refractivity contribution in [1.82, 2.24) is 10.1 Å². The summed E-state index contributed by atoms with van der Waals surface area (Å²) in [4.78, 5) is 3.88. The highest BCUT2D eigenvalue weighted by Gasteiger charge is 1.97. The van der Waals surface area contributed by atoms with Gasteiger partial charge >= 0.3 is 0 Å². The van der Waals surface area contributed by atoms with Crippen molar-refractivity contribution in [3.8, 4) is 0 Å². The Morgan fingerprint density at radius 2 is 2.55 bits per heavy atom. The van der Waals surface area contributed by atoms with E-state index in [4.69, 9.17) is 10.3 Å². The summed E-state index contributed by atoms with van der Waals surface area (Å²) < 4.78 is 4.80. The second kappa shape index (κ2) is 5.15. The van der Waals surface area contributed by atoms with Gasteiger partial charge in [0.2, 0.25) is 5.89 Å². The summed E-state index contributed by atoms with van der Waals surface area (Å²) in [6, 6.07) is 0. The maximum Gasteiger partial charge on any atom is 0.236 e. The summed E-state index contributed by atoms with van der Waals surface area (Å²) in [7, 11) is 0. The van der Waals surface area contributed by atoms with Crippen LogP contribution in [0.25, 0.3) is 0 Å². The first-order valence-electron chi connectivity index (χ1n) is 3.47. The third-order valence-electron chi connectivity index (χ3n) is 1.13. The summed E-state index contributed by atoms with van der Waals surface area (Å²) in [5, 5.41) is 3.50. The maximum atomic E-state index is 5.32. The van der Waals surface area contributed by atoms with Gasteiger partial charge in [-0.3, -0.25) is 0 Å². The van der Waals surface area contributed by atoms with Gasteiger partial charge in [0.15, 0.2) is 6.33 Å². The second-order valence-electron chi connectivity index (χ2n) is 2.03. The highest BCUT2D eigenvalue weighted by atomic mass is 32.2. The lowest BCUT2D eigenvalue weighted by atomic mass is 10.5. The summed E-state index contributed by atoms with van der Waals surface area (Å²) in [6.07, 6.45) is 2.46. The third-order valence-corrected chi connectivity index (χ3v) is 2.15. The lowest BCUT2D eigenvalue weighted by Crippen LogP contribution is -1.99. The van der Waals surface area contributed by atoms with Gasteiger partial charge in [0, 0.05) is 0 Å². The first-order valence-corrected chi connectivity index (χ1v) is 4.62. The van der Waals surface area contributed by atoms with Crippen molar-refractivity contribution in [2.24, 2.45) is 5.73 Å². The molecule has 1 aromatic rings. The van der Waals surface area contributed by atoms with E-state index in [1.165, 1.54) is 6.33 Å². The van der Waals surface area contributed by atoms with E-state index in [-0.39, 0.29) is 0 Å². The topological polar surface area (TPSA) is 64.9 Å². The SMILES string of the molecule is NCCCSCc1ncno1. The highest BCUT2D eigenvalue weighted by Crippen LogP contribution is 2.09. The van der Waals surface area contributed by atoms with Crippen LogP contribution in [0.2, 0.25) is 0 Å². The van der Waals surface area contributed by atoms with E-state index in [2.05, 4.69) is 10.1 Å². The number of nitrogens with zero attached hydrogens (tertiary/aromatic N) is 2. The van der Waals surface area contributed by atoms with Crippen LogP contribution in [0.3, 0.4) is 0 Å². The van der Waals surface area contributed by atoms with Crippen LogP contribution in [0.1, 0.15) is 12.3 Å². The molecule has 0 bridgehead atoms. The van der Waals surface area contributed by atoms with Gasteiger partial charge in [-0.1, -0.05) is 5.16 Å². The minimum absolute atomic E-state index is 0.687. The van der Waals surface area contributed by atoms with Gasteiger partial charge in [0.05, 0.1) is 5.75 Å². The molecule has 0 aliphatic rings. The molecule has 0 aliphatic carbocycles. The molecule has 11 heavy (non-hydrogen) atoms. The standard InChI is InChI=1S/C6H11N3OS/c7-2-1-3-11-4-6-8-5-9-10-6/h5H,1-4,7H2. The van der Waals surface area contributed by atoms with Gasteiger partial charge in [0.1, 0.15) is 0 Å². The van der Waals surface area contributed by atoms with E-state index >= 15 is 0 Å². The molecule has 0 radical (unpaired) electrons. The Kier molecular flexibility index (Phi) is 4.00. The van der Waals surface area contributed by atoms with Gasteiger partial charge in [-0.15, -0.1) is 0 Å². The van der Waals surface area contributed by atoms with Crippen molar-refractivity contribution in [1.29, 1.82) is 0 Å². The monoisotopic (exact) mass is 173 g/mol. The number of hydrogen-bond donors (Lipinski definition) is 1. The van der Waals surface area contributed by atoms with Crippen molar-refractivity contribution in [3.05, 3.63) is 12.2 Å². The number of nitrogens with two attached hydrogens (primary N) is 1. The average molecular weight is 173 g/mol. The van der Waals surface area contributed by atoms with Crippen LogP contribution >= 0.6 is 11.8 Å². The van der Waals surface area contributed by atoms with Crippen LogP contribution < -0.4 is 5.73 Å². The van der Waals surface area contributed by atoms with Gasteiger partial charge in [-0.2, -0.15) is 16.7 Å². The van der Waals surface area contributed by atoms with E-state index in [1.807, 2.05) is 0 Å². The number of thioether (sulfide) groups is 1. The van der Waals surface area contributed by atoms with Gasteiger partial charge in [-0.05, 0) is 18.7 Å². The molecule has 1 heterocycles. The number of hydrogen-bond acceptors (Lipinski definition) is 5.